The topological polar surface area (TPSA) is 35.8 Å². The van der Waals surface area contributed by atoms with E-state index in [-0.39, 0.29) is 6.04 Å². The minimum Gasteiger partial charge on any atom is -0.302 e. The molecule has 0 radical (unpaired) electrons. The molecule has 0 spiro atoms. The molecule has 1 rings (SSSR count). The Hall–Kier alpha value is -0.980. The van der Waals surface area contributed by atoms with Crippen molar-refractivity contribution in [3.05, 3.63) is 30.3 Å². The van der Waals surface area contributed by atoms with Gasteiger partial charge in [0.2, 0.25) is 0 Å². The largest absolute Gasteiger partial charge is 0.302 e. The highest BCUT2D eigenvalue weighted by molar-refractivity contribution is 7.99. The number of nitrogens with one attached hydrogen (secondary N) is 1. The molecule has 1 N–H and O–H groups in total. The Morgan fingerprint density at radius 3 is 2.71 bits per heavy atom. The minimum absolute atomic E-state index is 0.0507. The standard InChI is InChI=1S/C11H14N2S/c1-2-13-10(8-12)9-14-11-6-4-3-5-7-11/h3-7,10,13H,2,9H2,1H3. The average Bonchev–Trinajstić information content (AvgIpc) is 2.25. The quantitative estimate of drug-likeness (QED) is 0.751. The number of hydrogen-bond acceptors (Lipinski definition) is 3. The molecule has 0 saturated carbocycles. The molecule has 14 heavy (non-hydrogen) atoms. The van der Waals surface area contributed by atoms with Gasteiger partial charge in [-0.3, -0.25) is 0 Å². The van der Waals surface area contributed by atoms with E-state index in [1.54, 1.807) is 11.8 Å². The van der Waals surface area contributed by atoms with Crippen molar-refractivity contribution in [3.63, 3.8) is 0 Å². The van der Waals surface area contributed by atoms with Crippen LogP contribution in [0.5, 0.6) is 0 Å². The first-order valence-electron chi connectivity index (χ1n) is 4.67. The lowest BCUT2D eigenvalue weighted by Crippen LogP contribution is -2.29. The van der Waals surface area contributed by atoms with Crippen molar-refractivity contribution < 1.29 is 0 Å². The normalized spacial score (nSPS) is 12.0. The fraction of sp³-hybridized carbons (Fsp3) is 0.364. The monoisotopic (exact) mass is 206 g/mol. The van der Waals surface area contributed by atoms with Crippen LogP contribution in [-0.4, -0.2) is 18.3 Å². The third-order valence-corrected chi connectivity index (χ3v) is 2.87. The summed E-state index contributed by atoms with van der Waals surface area (Å²) in [6.07, 6.45) is 0. The summed E-state index contributed by atoms with van der Waals surface area (Å²) in [4.78, 5) is 1.21. The van der Waals surface area contributed by atoms with Crippen molar-refractivity contribution in [2.24, 2.45) is 0 Å². The molecule has 0 fully saturated rings. The van der Waals surface area contributed by atoms with Gasteiger partial charge in [0.25, 0.3) is 0 Å². The lowest BCUT2D eigenvalue weighted by molar-refractivity contribution is 0.677. The van der Waals surface area contributed by atoms with Gasteiger partial charge in [-0.25, -0.2) is 0 Å². The molecule has 0 aromatic heterocycles. The van der Waals surface area contributed by atoms with Gasteiger partial charge in [-0.2, -0.15) is 5.26 Å². The minimum atomic E-state index is -0.0507. The number of thioether (sulfide) groups is 1. The van der Waals surface area contributed by atoms with E-state index in [1.807, 2.05) is 25.1 Å². The maximum absolute atomic E-state index is 8.81. The SMILES string of the molecule is CCNC(C#N)CSc1ccccc1. The Morgan fingerprint density at radius 2 is 2.14 bits per heavy atom. The number of hydrogen-bond donors (Lipinski definition) is 1. The second kappa shape index (κ2) is 6.47. The summed E-state index contributed by atoms with van der Waals surface area (Å²) in [7, 11) is 0. The Labute approximate surface area is 89.3 Å². The van der Waals surface area contributed by atoms with Gasteiger partial charge in [0.1, 0.15) is 6.04 Å². The van der Waals surface area contributed by atoms with Crippen molar-refractivity contribution >= 4 is 11.8 Å². The van der Waals surface area contributed by atoms with Crippen molar-refractivity contribution in [1.29, 1.82) is 5.26 Å². The molecule has 0 aliphatic rings. The van der Waals surface area contributed by atoms with Crippen LogP contribution in [0.25, 0.3) is 0 Å². The first-order valence-corrected chi connectivity index (χ1v) is 5.66. The fourth-order valence-corrected chi connectivity index (χ4v) is 1.99. The van der Waals surface area contributed by atoms with Crippen LogP contribution in [0, 0.1) is 11.3 Å². The number of benzene rings is 1. The maximum atomic E-state index is 8.81. The third kappa shape index (κ3) is 3.82. The Morgan fingerprint density at radius 1 is 1.43 bits per heavy atom. The molecule has 1 unspecified atom stereocenters. The number of nitrogens with zero attached hydrogens (tertiary/aromatic N) is 1. The highest BCUT2D eigenvalue weighted by atomic mass is 32.2. The summed E-state index contributed by atoms with van der Waals surface area (Å²) in [5.41, 5.74) is 0. The molecule has 1 aromatic rings. The van der Waals surface area contributed by atoms with E-state index in [2.05, 4.69) is 23.5 Å². The van der Waals surface area contributed by atoms with Gasteiger partial charge >= 0.3 is 0 Å². The van der Waals surface area contributed by atoms with Gasteiger partial charge in [-0.15, -0.1) is 11.8 Å². The van der Waals surface area contributed by atoms with Crippen LogP contribution in [0.3, 0.4) is 0 Å². The highest BCUT2D eigenvalue weighted by Gasteiger charge is 2.04. The average molecular weight is 206 g/mol. The molecule has 0 bridgehead atoms. The van der Waals surface area contributed by atoms with Gasteiger partial charge in [0, 0.05) is 10.6 Å². The summed E-state index contributed by atoms with van der Waals surface area (Å²) in [6.45, 7) is 2.85. The zero-order valence-electron chi connectivity index (χ0n) is 8.23. The van der Waals surface area contributed by atoms with E-state index < -0.39 is 0 Å². The first-order chi connectivity index (χ1) is 6.86. The Bertz CT molecular complexity index is 292. The molecule has 74 valence electrons. The van der Waals surface area contributed by atoms with E-state index in [1.165, 1.54) is 4.90 Å². The second-order valence-corrected chi connectivity index (χ2v) is 3.96. The van der Waals surface area contributed by atoms with Gasteiger partial charge in [0.15, 0.2) is 0 Å². The van der Waals surface area contributed by atoms with Crippen LogP contribution >= 0.6 is 11.8 Å². The van der Waals surface area contributed by atoms with Gasteiger partial charge in [-0.1, -0.05) is 25.1 Å². The number of rotatable bonds is 5. The lowest BCUT2D eigenvalue weighted by Gasteiger charge is -2.08. The van der Waals surface area contributed by atoms with Gasteiger partial charge in [0.05, 0.1) is 6.07 Å². The Balaban J connectivity index is 2.37. The van der Waals surface area contributed by atoms with Crippen LogP contribution in [0.2, 0.25) is 0 Å². The van der Waals surface area contributed by atoms with Crippen LogP contribution < -0.4 is 5.32 Å². The predicted molar refractivity (Wildman–Crippen MR) is 60.2 cm³/mol. The predicted octanol–water partition coefficient (Wildman–Crippen LogP) is 2.28. The van der Waals surface area contributed by atoms with Crippen LogP contribution in [-0.2, 0) is 0 Å². The molecule has 3 heteroatoms. The van der Waals surface area contributed by atoms with E-state index in [0.29, 0.717) is 0 Å². The summed E-state index contributed by atoms with van der Waals surface area (Å²) >= 11 is 1.71. The summed E-state index contributed by atoms with van der Waals surface area (Å²) in [5, 5.41) is 11.9. The van der Waals surface area contributed by atoms with Crippen LogP contribution in [0.15, 0.2) is 35.2 Å². The van der Waals surface area contributed by atoms with E-state index in [0.717, 1.165) is 12.3 Å². The molecule has 0 saturated heterocycles. The van der Waals surface area contributed by atoms with Crippen LogP contribution in [0.4, 0.5) is 0 Å². The zero-order valence-corrected chi connectivity index (χ0v) is 9.05. The molecular weight excluding hydrogens is 192 g/mol. The number of nitriles is 1. The fourth-order valence-electron chi connectivity index (χ4n) is 1.08. The van der Waals surface area contributed by atoms with Crippen molar-refractivity contribution in [2.45, 2.75) is 17.9 Å². The highest BCUT2D eigenvalue weighted by Crippen LogP contribution is 2.17. The summed E-state index contributed by atoms with van der Waals surface area (Å²) in [6, 6.07) is 12.3. The summed E-state index contributed by atoms with van der Waals surface area (Å²) in [5.74, 6) is 0.800. The molecule has 0 aliphatic heterocycles. The molecule has 0 amide bonds. The second-order valence-electron chi connectivity index (χ2n) is 2.86. The van der Waals surface area contributed by atoms with Crippen molar-refractivity contribution in [2.75, 3.05) is 12.3 Å². The smallest absolute Gasteiger partial charge is 0.105 e. The van der Waals surface area contributed by atoms with Gasteiger partial charge in [-0.05, 0) is 18.7 Å². The maximum Gasteiger partial charge on any atom is 0.105 e. The molecule has 1 aromatic carbocycles. The molecule has 2 nitrogen and oxygen atoms in total. The summed E-state index contributed by atoms with van der Waals surface area (Å²) < 4.78 is 0. The third-order valence-electron chi connectivity index (χ3n) is 1.77. The molecule has 1 atom stereocenters. The van der Waals surface area contributed by atoms with Crippen molar-refractivity contribution in [3.8, 4) is 6.07 Å². The first kappa shape index (κ1) is 11.1. The van der Waals surface area contributed by atoms with E-state index >= 15 is 0 Å². The van der Waals surface area contributed by atoms with Crippen molar-refractivity contribution in [1.82, 2.24) is 5.32 Å². The lowest BCUT2D eigenvalue weighted by atomic mass is 10.4. The van der Waals surface area contributed by atoms with E-state index in [9.17, 15) is 0 Å². The molecular formula is C11H14N2S. The van der Waals surface area contributed by atoms with Crippen LogP contribution in [0.1, 0.15) is 6.92 Å². The Kier molecular flexibility index (Phi) is 5.13. The zero-order chi connectivity index (χ0) is 10.2. The molecule has 0 heterocycles. The van der Waals surface area contributed by atoms with Gasteiger partial charge < -0.3 is 5.32 Å². The molecule has 0 aliphatic carbocycles. The van der Waals surface area contributed by atoms with E-state index in [4.69, 9.17) is 5.26 Å².